The van der Waals surface area contributed by atoms with Crippen LogP contribution in [0, 0.1) is 12.8 Å². The molecule has 1 aliphatic rings. The van der Waals surface area contributed by atoms with Crippen molar-refractivity contribution in [2.45, 2.75) is 32.8 Å². The average Bonchev–Trinajstić information content (AvgIpc) is 2.70. The first-order valence-electron chi connectivity index (χ1n) is 5.75. The van der Waals surface area contributed by atoms with Gasteiger partial charge in [0, 0.05) is 37.1 Å². The maximum absolute atomic E-state index is 9.48. The molecule has 0 aromatic carbocycles. The summed E-state index contributed by atoms with van der Waals surface area (Å²) < 4.78 is 5.33. The number of aliphatic hydroxyl groups excluding tert-OH is 1. The molecule has 16 heavy (non-hydrogen) atoms. The van der Waals surface area contributed by atoms with Crippen LogP contribution < -0.4 is 0 Å². The molecule has 0 radical (unpaired) electrons. The minimum absolute atomic E-state index is 0.496. The van der Waals surface area contributed by atoms with Crippen molar-refractivity contribution in [3.05, 3.63) is 23.3 Å². The van der Waals surface area contributed by atoms with E-state index in [1.807, 2.05) is 6.92 Å². The Labute approximate surface area is 95.7 Å². The Morgan fingerprint density at radius 3 is 3.00 bits per heavy atom. The Kier molecular flexibility index (Phi) is 3.51. The zero-order chi connectivity index (χ0) is 11.5. The van der Waals surface area contributed by atoms with Gasteiger partial charge in [0.25, 0.3) is 0 Å². The van der Waals surface area contributed by atoms with E-state index in [4.69, 9.17) is 4.74 Å². The Balaban J connectivity index is 2.08. The lowest BCUT2D eigenvalue weighted by Crippen LogP contribution is -2.09. The molecule has 88 valence electrons. The molecule has 1 aromatic rings. The van der Waals surface area contributed by atoms with Crippen LogP contribution in [0.1, 0.15) is 36.5 Å². The molecular weight excluding hydrogens is 204 g/mol. The van der Waals surface area contributed by atoms with Crippen LogP contribution in [-0.4, -0.2) is 28.3 Å². The molecule has 2 heterocycles. The highest BCUT2D eigenvalue weighted by Gasteiger charge is 2.18. The number of aromatic nitrogens is 2. The Hall–Kier alpha value is -1.00. The van der Waals surface area contributed by atoms with Gasteiger partial charge in [-0.1, -0.05) is 0 Å². The van der Waals surface area contributed by atoms with Crippen molar-refractivity contribution in [3.63, 3.8) is 0 Å². The van der Waals surface area contributed by atoms with Gasteiger partial charge >= 0.3 is 0 Å². The smallest absolute Gasteiger partial charge is 0.128 e. The highest BCUT2D eigenvalue weighted by atomic mass is 16.5. The van der Waals surface area contributed by atoms with E-state index in [1.54, 1.807) is 13.1 Å². The van der Waals surface area contributed by atoms with E-state index in [-0.39, 0.29) is 0 Å². The summed E-state index contributed by atoms with van der Waals surface area (Å²) in [5.41, 5.74) is 1.69. The Morgan fingerprint density at radius 2 is 2.44 bits per heavy atom. The topological polar surface area (TPSA) is 55.2 Å². The zero-order valence-electron chi connectivity index (χ0n) is 9.81. The monoisotopic (exact) mass is 222 g/mol. The van der Waals surface area contributed by atoms with Crippen LogP contribution in [0.25, 0.3) is 0 Å². The quantitative estimate of drug-likeness (QED) is 0.840. The van der Waals surface area contributed by atoms with Gasteiger partial charge < -0.3 is 9.84 Å². The standard InChI is InChI=1S/C12H18N2O2/c1-8-11(9(2)15)6-13-12(14-8)5-10-3-4-16-7-10/h6,9-10,15H,3-5,7H2,1-2H3/t9-,10?/m0/s1. The normalized spacial score (nSPS) is 22.3. The molecule has 0 amide bonds. The second kappa shape index (κ2) is 4.89. The lowest BCUT2D eigenvalue weighted by Gasteiger charge is -2.10. The fourth-order valence-corrected chi connectivity index (χ4v) is 2.04. The van der Waals surface area contributed by atoms with E-state index >= 15 is 0 Å². The van der Waals surface area contributed by atoms with Crippen molar-refractivity contribution in [3.8, 4) is 0 Å². The lowest BCUT2D eigenvalue weighted by atomic mass is 10.0. The van der Waals surface area contributed by atoms with Gasteiger partial charge in [-0.25, -0.2) is 9.97 Å². The Bertz CT molecular complexity index is 360. The number of rotatable bonds is 3. The number of nitrogens with zero attached hydrogens (tertiary/aromatic N) is 2. The molecule has 0 bridgehead atoms. The summed E-state index contributed by atoms with van der Waals surface area (Å²) in [7, 11) is 0. The number of aliphatic hydroxyl groups is 1. The third kappa shape index (κ3) is 2.57. The van der Waals surface area contributed by atoms with Crippen LogP contribution in [0.4, 0.5) is 0 Å². The molecule has 2 rings (SSSR count). The van der Waals surface area contributed by atoms with Gasteiger partial charge in [-0.05, 0) is 26.2 Å². The first kappa shape index (κ1) is 11.5. The lowest BCUT2D eigenvalue weighted by molar-refractivity contribution is 0.185. The summed E-state index contributed by atoms with van der Waals surface area (Å²) in [6.07, 6.45) is 3.21. The van der Waals surface area contributed by atoms with Crippen LogP contribution >= 0.6 is 0 Å². The largest absolute Gasteiger partial charge is 0.389 e. The van der Waals surface area contributed by atoms with Crippen LogP contribution in [0.15, 0.2) is 6.20 Å². The predicted octanol–water partition coefficient (Wildman–Crippen LogP) is 1.42. The average molecular weight is 222 g/mol. The Morgan fingerprint density at radius 1 is 1.62 bits per heavy atom. The molecule has 1 saturated heterocycles. The van der Waals surface area contributed by atoms with Crippen molar-refractivity contribution < 1.29 is 9.84 Å². The second-order valence-electron chi connectivity index (χ2n) is 4.44. The third-order valence-corrected chi connectivity index (χ3v) is 3.01. The molecule has 4 nitrogen and oxygen atoms in total. The molecule has 0 aliphatic carbocycles. The zero-order valence-corrected chi connectivity index (χ0v) is 9.81. The molecule has 1 N–H and O–H groups in total. The van der Waals surface area contributed by atoms with Crippen LogP contribution in [0.3, 0.4) is 0 Å². The summed E-state index contributed by atoms with van der Waals surface area (Å²) in [6.45, 7) is 5.32. The van der Waals surface area contributed by atoms with E-state index in [0.717, 1.165) is 43.1 Å². The summed E-state index contributed by atoms with van der Waals surface area (Å²) >= 11 is 0. The van der Waals surface area contributed by atoms with E-state index in [1.165, 1.54) is 0 Å². The predicted molar refractivity (Wildman–Crippen MR) is 60.0 cm³/mol. The summed E-state index contributed by atoms with van der Waals surface area (Å²) in [4.78, 5) is 8.73. The van der Waals surface area contributed by atoms with Gasteiger partial charge in [0.05, 0.1) is 6.10 Å². The maximum Gasteiger partial charge on any atom is 0.128 e. The number of hydrogen-bond donors (Lipinski definition) is 1. The highest BCUT2D eigenvalue weighted by molar-refractivity contribution is 5.18. The van der Waals surface area contributed by atoms with E-state index in [2.05, 4.69) is 9.97 Å². The van der Waals surface area contributed by atoms with Gasteiger partial charge in [0.15, 0.2) is 0 Å². The van der Waals surface area contributed by atoms with Crippen molar-refractivity contribution in [1.82, 2.24) is 9.97 Å². The van der Waals surface area contributed by atoms with E-state index in [0.29, 0.717) is 5.92 Å². The van der Waals surface area contributed by atoms with Gasteiger partial charge in [0.1, 0.15) is 5.82 Å². The third-order valence-electron chi connectivity index (χ3n) is 3.01. The summed E-state index contributed by atoms with van der Waals surface area (Å²) in [5.74, 6) is 1.41. The second-order valence-corrected chi connectivity index (χ2v) is 4.44. The SMILES string of the molecule is Cc1nc(CC2CCOC2)ncc1[C@H](C)O. The molecule has 0 spiro atoms. The van der Waals surface area contributed by atoms with Crippen molar-refractivity contribution in [2.24, 2.45) is 5.92 Å². The van der Waals surface area contributed by atoms with Gasteiger partial charge in [0.2, 0.25) is 0 Å². The summed E-state index contributed by atoms with van der Waals surface area (Å²) in [5, 5.41) is 9.48. The first-order chi connectivity index (χ1) is 7.66. The fourth-order valence-electron chi connectivity index (χ4n) is 2.04. The number of ether oxygens (including phenoxy) is 1. The minimum atomic E-state index is -0.496. The molecule has 0 saturated carbocycles. The molecule has 1 aromatic heterocycles. The van der Waals surface area contributed by atoms with Crippen molar-refractivity contribution >= 4 is 0 Å². The number of aryl methyl sites for hydroxylation is 1. The maximum atomic E-state index is 9.48. The van der Waals surface area contributed by atoms with E-state index < -0.39 is 6.10 Å². The van der Waals surface area contributed by atoms with Gasteiger partial charge in [-0.2, -0.15) is 0 Å². The highest BCUT2D eigenvalue weighted by Crippen LogP contribution is 2.18. The molecule has 4 heteroatoms. The van der Waals surface area contributed by atoms with Crippen LogP contribution in [0.2, 0.25) is 0 Å². The first-order valence-corrected chi connectivity index (χ1v) is 5.75. The van der Waals surface area contributed by atoms with Crippen LogP contribution in [-0.2, 0) is 11.2 Å². The molecular formula is C12H18N2O2. The molecule has 2 atom stereocenters. The van der Waals surface area contributed by atoms with E-state index in [9.17, 15) is 5.11 Å². The molecule has 1 unspecified atom stereocenters. The van der Waals surface area contributed by atoms with Crippen molar-refractivity contribution in [1.29, 1.82) is 0 Å². The van der Waals surface area contributed by atoms with Crippen LogP contribution in [0.5, 0.6) is 0 Å². The minimum Gasteiger partial charge on any atom is -0.389 e. The molecule has 1 aliphatic heterocycles. The summed E-state index contributed by atoms with van der Waals surface area (Å²) in [6, 6.07) is 0. The molecule has 1 fully saturated rings. The fraction of sp³-hybridized carbons (Fsp3) is 0.667. The number of hydrogen-bond acceptors (Lipinski definition) is 4. The van der Waals surface area contributed by atoms with Gasteiger partial charge in [-0.3, -0.25) is 0 Å². The van der Waals surface area contributed by atoms with Crippen molar-refractivity contribution in [2.75, 3.05) is 13.2 Å². The van der Waals surface area contributed by atoms with Gasteiger partial charge in [-0.15, -0.1) is 0 Å².